The molecular formula is C30H35ClN6O. The molecule has 1 unspecified atom stereocenters. The highest BCUT2D eigenvalue weighted by Gasteiger charge is 2.35. The number of fused-ring (bicyclic) bond motifs is 2. The maximum Gasteiger partial charge on any atom is 0.316 e. The Morgan fingerprint density at radius 3 is 2.76 bits per heavy atom. The standard InChI is InChI=1S/C30H35ClN6O/c1-32-15-21-7-5-14-36(17-21)28-19-37(27-12-4-9-22-8-3-11-25(31)29(22)27)18-26-24(28)16-33-30(34-26)38-20-23-10-6-13-35(23)2/h3-4,8-9,11-12,16,21,23,28H,5-7,10,13-15,17-20H2,2H3/t21-,23-,28?/m0/s1. The van der Waals surface area contributed by atoms with Crippen molar-refractivity contribution in [2.75, 3.05) is 51.3 Å². The van der Waals surface area contributed by atoms with E-state index >= 15 is 0 Å². The van der Waals surface area contributed by atoms with Crippen molar-refractivity contribution in [3.63, 3.8) is 0 Å². The van der Waals surface area contributed by atoms with E-state index in [0.29, 0.717) is 37.7 Å². The van der Waals surface area contributed by atoms with Gasteiger partial charge in [-0.2, -0.15) is 4.98 Å². The first kappa shape index (κ1) is 25.4. The first-order valence-corrected chi connectivity index (χ1v) is 14.2. The van der Waals surface area contributed by atoms with Gasteiger partial charge in [0.15, 0.2) is 0 Å². The second kappa shape index (κ2) is 11.1. The quantitative estimate of drug-likeness (QED) is 0.395. The van der Waals surface area contributed by atoms with Gasteiger partial charge in [-0.05, 0) is 63.3 Å². The van der Waals surface area contributed by atoms with E-state index in [1.807, 2.05) is 18.3 Å². The number of halogens is 1. The van der Waals surface area contributed by atoms with Gasteiger partial charge in [-0.1, -0.05) is 35.9 Å². The molecule has 6 rings (SSSR count). The van der Waals surface area contributed by atoms with Crippen molar-refractivity contribution in [2.45, 2.75) is 44.3 Å². The van der Waals surface area contributed by atoms with Gasteiger partial charge in [0.05, 0.1) is 23.3 Å². The summed E-state index contributed by atoms with van der Waals surface area (Å²) in [6.45, 7) is 13.2. The average Bonchev–Trinajstić information content (AvgIpc) is 3.35. The van der Waals surface area contributed by atoms with Crippen molar-refractivity contribution in [2.24, 2.45) is 5.92 Å². The summed E-state index contributed by atoms with van der Waals surface area (Å²) in [6, 6.07) is 13.5. The SMILES string of the molecule is [C-]#[N+]C[C@@H]1CCCN(C2CN(c3cccc4cccc(Cl)c34)Cc3nc(OC[C@@H]4CCCN4C)ncc32)C1. The Kier molecular flexibility index (Phi) is 7.38. The van der Waals surface area contributed by atoms with Gasteiger partial charge in [-0.25, -0.2) is 11.6 Å². The van der Waals surface area contributed by atoms with Crippen molar-refractivity contribution < 1.29 is 4.74 Å². The summed E-state index contributed by atoms with van der Waals surface area (Å²) in [6.07, 6.45) is 6.60. The Morgan fingerprint density at radius 2 is 1.95 bits per heavy atom. The number of ether oxygens (including phenoxy) is 1. The number of hydrogen-bond donors (Lipinski definition) is 0. The number of anilines is 1. The molecule has 4 heterocycles. The molecule has 1 aromatic heterocycles. The van der Waals surface area contributed by atoms with Crippen LogP contribution in [0, 0.1) is 12.5 Å². The normalized spacial score (nSPS) is 24.3. The molecule has 8 heteroatoms. The molecule has 198 valence electrons. The molecular weight excluding hydrogens is 496 g/mol. The van der Waals surface area contributed by atoms with Crippen LogP contribution in [0.15, 0.2) is 42.6 Å². The number of rotatable bonds is 6. The molecule has 0 amide bonds. The minimum atomic E-state index is 0.153. The van der Waals surface area contributed by atoms with E-state index in [2.05, 4.69) is 55.8 Å². The lowest BCUT2D eigenvalue weighted by atomic mass is 9.92. The highest BCUT2D eigenvalue weighted by molar-refractivity contribution is 6.36. The van der Waals surface area contributed by atoms with Crippen molar-refractivity contribution in [3.8, 4) is 6.01 Å². The highest BCUT2D eigenvalue weighted by atomic mass is 35.5. The number of hydrogen-bond acceptors (Lipinski definition) is 6. The van der Waals surface area contributed by atoms with Gasteiger partial charge in [0.2, 0.25) is 6.54 Å². The molecule has 7 nitrogen and oxygen atoms in total. The molecule has 2 saturated heterocycles. The number of likely N-dealkylation sites (N-methyl/N-ethyl adjacent to an activating group) is 1. The average molecular weight is 531 g/mol. The lowest BCUT2D eigenvalue weighted by Crippen LogP contribution is -2.46. The topological polar surface area (TPSA) is 49.1 Å². The zero-order valence-electron chi connectivity index (χ0n) is 22.0. The molecule has 3 aliphatic rings. The van der Waals surface area contributed by atoms with Crippen LogP contribution < -0.4 is 9.64 Å². The van der Waals surface area contributed by atoms with Crippen LogP contribution in [-0.4, -0.2) is 72.2 Å². The third kappa shape index (κ3) is 5.05. The molecule has 0 saturated carbocycles. The summed E-state index contributed by atoms with van der Waals surface area (Å²) >= 11 is 6.75. The highest BCUT2D eigenvalue weighted by Crippen LogP contribution is 2.39. The van der Waals surface area contributed by atoms with E-state index in [1.165, 1.54) is 12.0 Å². The van der Waals surface area contributed by atoms with Crippen LogP contribution in [-0.2, 0) is 6.54 Å². The molecule has 38 heavy (non-hydrogen) atoms. The monoisotopic (exact) mass is 530 g/mol. The number of benzene rings is 2. The first-order chi connectivity index (χ1) is 18.6. The molecule has 3 aliphatic heterocycles. The largest absolute Gasteiger partial charge is 0.462 e. The third-order valence-corrected chi connectivity index (χ3v) is 8.88. The van der Waals surface area contributed by atoms with Crippen LogP contribution in [0.3, 0.4) is 0 Å². The summed E-state index contributed by atoms with van der Waals surface area (Å²) in [7, 11) is 2.16. The van der Waals surface area contributed by atoms with Crippen LogP contribution in [0.25, 0.3) is 15.6 Å². The summed E-state index contributed by atoms with van der Waals surface area (Å²) in [5, 5.41) is 2.99. The Morgan fingerprint density at radius 1 is 1.11 bits per heavy atom. The fourth-order valence-electron chi connectivity index (χ4n) is 6.49. The van der Waals surface area contributed by atoms with Crippen LogP contribution in [0.5, 0.6) is 6.01 Å². The molecule has 3 atom stereocenters. The first-order valence-electron chi connectivity index (χ1n) is 13.8. The van der Waals surface area contributed by atoms with Gasteiger partial charge in [0.1, 0.15) is 6.61 Å². The Bertz CT molecular complexity index is 1340. The summed E-state index contributed by atoms with van der Waals surface area (Å²) in [5.41, 5.74) is 3.33. The summed E-state index contributed by atoms with van der Waals surface area (Å²) in [4.78, 5) is 20.7. The van der Waals surface area contributed by atoms with Crippen molar-refractivity contribution in [3.05, 3.63) is 70.3 Å². The van der Waals surface area contributed by atoms with E-state index in [1.54, 1.807) is 0 Å². The fraction of sp³-hybridized carbons (Fsp3) is 0.500. The van der Waals surface area contributed by atoms with Crippen LogP contribution in [0.4, 0.5) is 5.69 Å². The van der Waals surface area contributed by atoms with Crippen molar-refractivity contribution in [1.29, 1.82) is 0 Å². The van der Waals surface area contributed by atoms with Gasteiger partial charge < -0.3 is 19.4 Å². The Hall–Kier alpha value is -2.92. The second-order valence-electron chi connectivity index (χ2n) is 11.0. The Balaban J connectivity index is 1.34. The van der Waals surface area contributed by atoms with Crippen LogP contribution >= 0.6 is 11.6 Å². The zero-order chi connectivity index (χ0) is 26.1. The molecule has 0 bridgehead atoms. The number of aromatic nitrogens is 2. The molecule has 0 radical (unpaired) electrons. The van der Waals surface area contributed by atoms with Gasteiger partial charge in [0.25, 0.3) is 0 Å². The predicted molar refractivity (Wildman–Crippen MR) is 152 cm³/mol. The summed E-state index contributed by atoms with van der Waals surface area (Å²) < 4.78 is 6.14. The fourth-order valence-corrected chi connectivity index (χ4v) is 6.77. The summed E-state index contributed by atoms with van der Waals surface area (Å²) in [5.74, 6) is 0.416. The van der Waals surface area contributed by atoms with E-state index in [4.69, 9.17) is 27.9 Å². The predicted octanol–water partition coefficient (Wildman–Crippen LogP) is 5.45. The van der Waals surface area contributed by atoms with Gasteiger partial charge in [0, 0.05) is 47.9 Å². The van der Waals surface area contributed by atoms with E-state index < -0.39 is 0 Å². The van der Waals surface area contributed by atoms with Crippen LogP contribution in [0.2, 0.25) is 5.02 Å². The molecule has 2 aromatic carbocycles. The molecule has 0 spiro atoms. The van der Waals surface area contributed by atoms with E-state index in [-0.39, 0.29) is 6.04 Å². The number of piperidine rings is 1. The van der Waals surface area contributed by atoms with Crippen LogP contribution in [0.1, 0.15) is 43.0 Å². The minimum absolute atomic E-state index is 0.153. The molecule has 0 N–H and O–H groups in total. The third-order valence-electron chi connectivity index (χ3n) is 8.56. The minimum Gasteiger partial charge on any atom is -0.462 e. The van der Waals surface area contributed by atoms with Crippen molar-refractivity contribution >= 4 is 28.1 Å². The van der Waals surface area contributed by atoms with Gasteiger partial charge in [-0.3, -0.25) is 4.90 Å². The van der Waals surface area contributed by atoms with Gasteiger partial charge >= 0.3 is 6.01 Å². The molecule has 2 fully saturated rings. The molecule has 0 aliphatic carbocycles. The van der Waals surface area contributed by atoms with Crippen molar-refractivity contribution in [1.82, 2.24) is 19.8 Å². The van der Waals surface area contributed by atoms with E-state index in [9.17, 15) is 0 Å². The lowest BCUT2D eigenvalue weighted by Gasteiger charge is -2.43. The Labute approximate surface area is 230 Å². The van der Waals surface area contributed by atoms with Gasteiger partial charge in [-0.15, -0.1) is 0 Å². The second-order valence-corrected chi connectivity index (χ2v) is 11.4. The lowest BCUT2D eigenvalue weighted by molar-refractivity contribution is 0.125. The van der Waals surface area contributed by atoms with E-state index in [0.717, 1.165) is 72.6 Å². The smallest absolute Gasteiger partial charge is 0.316 e. The molecule has 3 aromatic rings. The maximum atomic E-state index is 7.39. The maximum absolute atomic E-state index is 7.39. The zero-order valence-corrected chi connectivity index (χ0v) is 22.8. The number of likely N-dealkylation sites (tertiary alicyclic amines) is 2. The number of nitrogens with zero attached hydrogens (tertiary/aromatic N) is 6.